The van der Waals surface area contributed by atoms with E-state index in [1.54, 1.807) is 6.08 Å². The maximum atomic E-state index is 5.76. The van der Waals surface area contributed by atoms with E-state index in [0.717, 1.165) is 5.56 Å². The quantitative estimate of drug-likeness (QED) is 0.755. The molecule has 0 atom stereocenters. The largest absolute Gasteiger partial charge is 0.217 e. The van der Waals surface area contributed by atoms with Gasteiger partial charge in [0, 0.05) is 6.07 Å². The number of nitrogens with zero attached hydrogens (tertiary/aromatic N) is 2. The van der Waals surface area contributed by atoms with Crippen LogP contribution in [0, 0.1) is 0 Å². The molecule has 1 heterocycles. The number of hydrogen-bond donors (Lipinski definition) is 0. The summed E-state index contributed by atoms with van der Waals surface area (Å²) in [6, 6.07) is 11.4. The summed E-state index contributed by atoms with van der Waals surface area (Å²) in [5, 5.41) is 0.681. The van der Waals surface area contributed by atoms with Crippen LogP contribution in [0.4, 0.5) is 0 Å². The number of benzene rings is 1. The predicted molar refractivity (Wildman–Crippen MR) is 67.4 cm³/mol. The molecule has 0 fully saturated rings. The molecule has 0 unspecified atom stereocenters. The van der Waals surface area contributed by atoms with Gasteiger partial charge in [0.2, 0.25) is 0 Å². The fourth-order valence-electron chi connectivity index (χ4n) is 1.22. The Morgan fingerprint density at radius 1 is 0.875 bits per heavy atom. The van der Waals surface area contributed by atoms with Crippen LogP contribution in [0.3, 0.4) is 0 Å². The van der Waals surface area contributed by atoms with Gasteiger partial charge in [-0.25, -0.2) is 9.97 Å². The van der Waals surface area contributed by atoms with Crippen molar-refractivity contribution >= 4 is 35.4 Å². The summed E-state index contributed by atoms with van der Waals surface area (Å²) in [5.74, 6) is 0.501. The first-order valence-electron chi connectivity index (χ1n) is 4.67. The summed E-state index contributed by atoms with van der Waals surface area (Å²) in [5.41, 5.74) is 1.07. The van der Waals surface area contributed by atoms with E-state index in [4.69, 9.17) is 23.2 Å². The highest BCUT2D eigenvalue weighted by Gasteiger charge is 1.97. The van der Waals surface area contributed by atoms with Gasteiger partial charge in [0.15, 0.2) is 5.82 Å². The Morgan fingerprint density at radius 2 is 1.50 bits per heavy atom. The van der Waals surface area contributed by atoms with E-state index in [-0.39, 0.29) is 0 Å². The van der Waals surface area contributed by atoms with Gasteiger partial charge < -0.3 is 0 Å². The minimum atomic E-state index is 0.340. The standard InChI is InChI=1S/C12H8Cl2N2/c13-10-8-11(14)16-12(15-10)7-6-9-4-2-1-3-5-9/h1-8H/b7-6+. The zero-order valence-corrected chi connectivity index (χ0v) is 9.78. The molecule has 2 rings (SSSR count). The van der Waals surface area contributed by atoms with Crippen LogP contribution in [-0.2, 0) is 0 Å². The van der Waals surface area contributed by atoms with E-state index in [9.17, 15) is 0 Å². The molecule has 0 aliphatic heterocycles. The first kappa shape index (κ1) is 11.1. The summed E-state index contributed by atoms with van der Waals surface area (Å²) in [7, 11) is 0. The molecule has 80 valence electrons. The van der Waals surface area contributed by atoms with Crippen molar-refractivity contribution < 1.29 is 0 Å². The van der Waals surface area contributed by atoms with Gasteiger partial charge in [0.25, 0.3) is 0 Å². The third-order valence-electron chi connectivity index (χ3n) is 1.91. The van der Waals surface area contributed by atoms with Crippen molar-refractivity contribution in [3.63, 3.8) is 0 Å². The zero-order chi connectivity index (χ0) is 11.4. The molecule has 0 bridgehead atoms. The van der Waals surface area contributed by atoms with E-state index >= 15 is 0 Å². The fraction of sp³-hybridized carbons (Fsp3) is 0. The Balaban J connectivity index is 2.24. The SMILES string of the molecule is Clc1cc(Cl)nc(/C=C/c2ccccc2)n1. The second-order valence-electron chi connectivity index (χ2n) is 3.12. The second kappa shape index (κ2) is 5.10. The van der Waals surface area contributed by atoms with Gasteiger partial charge in [-0.3, -0.25) is 0 Å². The summed E-state index contributed by atoms with van der Waals surface area (Å²) in [6.07, 6.45) is 3.68. The molecule has 0 radical (unpaired) electrons. The van der Waals surface area contributed by atoms with E-state index in [1.165, 1.54) is 6.07 Å². The average molecular weight is 251 g/mol. The Bertz CT molecular complexity index is 489. The minimum Gasteiger partial charge on any atom is -0.217 e. The predicted octanol–water partition coefficient (Wildman–Crippen LogP) is 3.95. The van der Waals surface area contributed by atoms with Crippen LogP contribution in [0.2, 0.25) is 10.3 Å². The van der Waals surface area contributed by atoms with E-state index in [1.807, 2.05) is 36.4 Å². The maximum absolute atomic E-state index is 5.76. The third kappa shape index (κ3) is 3.05. The number of halogens is 2. The fourth-order valence-corrected chi connectivity index (χ4v) is 1.65. The van der Waals surface area contributed by atoms with Crippen LogP contribution in [0.5, 0.6) is 0 Å². The van der Waals surface area contributed by atoms with Crippen molar-refractivity contribution in [3.8, 4) is 0 Å². The molecule has 0 saturated carbocycles. The first-order valence-corrected chi connectivity index (χ1v) is 5.43. The maximum Gasteiger partial charge on any atom is 0.155 e. The van der Waals surface area contributed by atoms with Crippen molar-refractivity contribution in [1.29, 1.82) is 0 Å². The summed E-state index contributed by atoms with van der Waals surface area (Å²) < 4.78 is 0. The van der Waals surface area contributed by atoms with Gasteiger partial charge in [-0.1, -0.05) is 59.6 Å². The van der Waals surface area contributed by atoms with E-state index in [0.29, 0.717) is 16.1 Å². The lowest BCUT2D eigenvalue weighted by Crippen LogP contribution is -1.87. The second-order valence-corrected chi connectivity index (χ2v) is 3.89. The molecule has 4 heteroatoms. The molecule has 2 nitrogen and oxygen atoms in total. The van der Waals surface area contributed by atoms with Crippen molar-refractivity contribution in [2.24, 2.45) is 0 Å². The molecule has 2 aromatic rings. The highest BCUT2D eigenvalue weighted by atomic mass is 35.5. The van der Waals surface area contributed by atoms with Crippen LogP contribution in [-0.4, -0.2) is 9.97 Å². The van der Waals surface area contributed by atoms with Gasteiger partial charge in [-0.15, -0.1) is 0 Å². The molecular formula is C12H8Cl2N2. The van der Waals surface area contributed by atoms with Gasteiger partial charge >= 0.3 is 0 Å². The van der Waals surface area contributed by atoms with Crippen molar-refractivity contribution in [3.05, 3.63) is 58.1 Å². The molecule has 16 heavy (non-hydrogen) atoms. The summed E-state index contributed by atoms with van der Waals surface area (Å²) >= 11 is 11.5. The van der Waals surface area contributed by atoms with Crippen LogP contribution in [0.25, 0.3) is 12.2 Å². The van der Waals surface area contributed by atoms with Crippen LogP contribution >= 0.6 is 23.2 Å². The van der Waals surface area contributed by atoms with Crippen molar-refractivity contribution in [1.82, 2.24) is 9.97 Å². The van der Waals surface area contributed by atoms with Crippen LogP contribution < -0.4 is 0 Å². The molecule has 0 spiro atoms. The number of rotatable bonds is 2. The monoisotopic (exact) mass is 250 g/mol. The topological polar surface area (TPSA) is 25.8 Å². The minimum absolute atomic E-state index is 0.340. The molecule has 1 aromatic heterocycles. The zero-order valence-electron chi connectivity index (χ0n) is 8.27. The Labute approximate surface area is 104 Å². The Morgan fingerprint density at radius 3 is 2.12 bits per heavy atom. The smallest absolute Gasteiger partial charge is 0.155 e. The molecule has 0 N–H and O–H groups in total. The van der Waals surface area contributed by atoms with Crippen molar-refractivity contribution in [2.75, 3.05) is 0 Å². The highest BCUT2D eigenvalue weighted by Crippen LogP contribution is 2.13. The Hall–Kier alpha value is -1.38. The van der Waals surface area contributed by atoms with Crippen LogP contribution in [0.1, 0.15) is 11.4 Å². The molecule has 0 saturated heterocycles. The number of aromatic nitrogens is 2. The molecular weight excluding hydrogens is 243 g/mol. The van der Waals surface area contributed by atoms with E-state index < -0.39 is 0 Å². The van der Waals surface area contributed by atoms with Gasteiger partial charge in [0.05, 0.1) is 0 Å². The summed E-state index contributed by atoms with van der Waals surface area (Å²) in [6.45, 7) is 0. The normalized spacial score (nSPS) is 10.9. The lowest BCUT2D eigenvalue weighted by molar-refractivity contribution is 1.14. The molecule has 0 amide bonds. The first-order chi connectivity index (χ1) is 7.74. The lowest BCUT2D eigenvalue weighted by atomic mass is 10.2. The Kier molecular flexibility index (Phi) is 3.54. The number of hydrogen-bond acceptors (Lipinski definition) is 2. The molecule has 0 aliphatic carbocycles. The van der Waals surface area contributed by atoms with Gasteiger partial charge in [-0.05, 0) is 11.6 Å². The van der Waals surface area contributed by atoms with Gasteiger partial charge in [0.1, 0.15) is 10.3 Å². The van der Waals surface area contributed by atoms with Crippen LogP contribution in [0.15, 0.2) is 36.4 Å². The molecule has 1 aromatic carbocycles. The third-order valence-corrected chi connectivity index (χ3v) is 2.29. The van der Waals surface area contributed by atoms with Gasteiger partial charge in [-0.2, -0.15) is 0 Å². The lowest BCUT2D eigenvalue weighted by Gasteiger charge is -1.95. The van der Waals surface area contributed by atoms with E-state index in [2.05, 4.69) is 9.97 Å². The average Bonchev–Trinajstić information content (AvgIpc) is 2.27. The highest BCUT2D eigenvalue weighted by molar-refractivity contribution is 6.33. The van der Waals surface area contributed by atoms with Crippen molar-refractivity contribution in [2.45, 2.75) is 0 Å². The summed E-state index contributed by atoms with van der Waals surface area (Å²) in [4.78, 5) is 8.06. The molecule has 0 aliphatic rings.